The third-order valence-electron chi connectivity index (χ3n) is 3.63. The number of hydrogen-bond acceptors (Lipinski definition) is 3. The fourth-order valence-corrected chi connectivity index (χ4v) is 2.26. The lowest BCUT2D eigenvalue weighted by Crippen LogP contribution is -2.36. The van der Waals surface area contributed by atoms with Crippen molar-refractivity contribution in [3.8, 4) is 0 Å². The molecule has 0 aliphatic heterocycles. The zero-order valence-corrected chi connectivity index (χ0v) is 21.0. The first-order valence-corrected chi connectivity index (χ1v) is 10.6. The minimum Gasteiger partial charge on any atom is -0.297 e. The van der Waals surface area contributed by atoms with E-state index >= 15 is 0 Å². The Morgan fingerprint density at radius 1 is 0.538 bits per heavy atom. The van der Waals surface area contributed by atoms with Crippen LogP contribution in [0.1, 0.15) is 93.9 Å². The minimum absolute atomic E-state index is 0.507. The van der Waals surface area contributed by atoms with Gasteiger partial charge in [-0.1, -0.05) is 81.1 Å². The van der Waals surface area contributed by atoms with Crippen molar-refractivity contribution in [2.75, 3.05) is 48.6 Å². The van der Waals surface area contributed by atoms with E-state index < -0.39 is 0 Å². The Bertz CT molecular complexity index is 244. The Balaban J connectivity index is -0.000000316. The summed E-state index contributed by atoms with van der Waals surface area (Å²) in [5, 5.41) is 0. The standard InChI is InChI=1S/C10H22.C7H19N3.C6H14/c1-9(2,3)7-8-10(4,5)6;1-8(2)6-10(5)7-9(3)4;1-3-5-6-4-2/h7-8H2,1-6H3;6-7H2,1-5H3;3-6H2,1-2H3. The fraction of sp³-hybridized carbons (Fsp3) is 1.00. The highest BCUT2D eigenvalue weighted by Gasteiger charge is 2.16. The Kier molecular flexibility index (Phi) is 20.0. The molecule has 0 bridgehead atoms. The summed E-state index contributed by atoms with van der Waals surface area (Å²) in [5.74, 6) is 0. The van der Waals surface area contributed by atoms with Gasteiger partial charge in [0.15, 0.2) is 0 Å². The van der Waals surface area contributed by atoms with E-state index in [9.17, 15) is 0 Å². The second-order valence-corrected chi connectivity index (χ2v) is 10.6. The van der Waals surface area contributed by atoms with Crippen molar-refractivity contribution < 1.29 is 0 Å². The van der Waals surface area contributed by atoms with Gasteiger partial charge in [0.25, 0.3) is 0 Å². The summed E-state index contributed by atoms with van der Waals surface area (Å²) in [7, 11) is 10.4. The van der Waals surface area contributed by atoms with Crippen molar-refractivity contribution in [1.29, 1.82) is 0 Å². The summed E-state index contributed by atoms with van der Waals surface area (Å²) < 4.78 is 0. The van der Waals surface area contributed by atoms with E-state index in [1.165, 1.54) is 38.5 Å². The number of nitrogens with zero attached hydrogens (tertiary/aromatic N) is 3. The second-order valence-electron chi connectivity index (χ2n) is 10.6. The molecule has 3 heteroatoms. The predicted octanol–water partition coefficient (Wildman–Crippen LogP) is 6.40. The molecular weight excluding hydrogens is 318 g/mol. The predicted molar refractivity (Wildman–Crippen MR) is 123 cm³/mol. The SMILES string of the molecule is CC(C)(C)CCC(C)(C)C.CCCCCC.CN(C)CN(C)CN(C)C. The molecule has 0 heterocycles. The van der Waals surface area contributed by atoms with E-state index in [1.54, 1.807) is 0 Å². The Hall–Kier alpha value is -0.120. The first-order valence-electron chi connectivity index (χ1n) is 10.6. The van der Waals surface area contributed by atoms with Crippen LogP contribution in [0.2, 0.25) is 0 Å². The van der Waals surface area contributed by atoms with Crippen molar-refractivity contribution >= 4 is 0 Å². The van der Waals surface area contributed by atoms with E-state index in [0.717, 1.165) is 13.3 Å². The van der Waals surface area contributed by atoms with E-state index in [2.05, 4.69) is 105 Å². The number of unbranched alkanes of at least 4 members (excludes halogenated alkanes) is 3. The molecule has 26 heavy (non-hydrogen) atoms. The monoisotopic (exact) mass is 373 g/mol. The van der Waals surface area contributed by atoms with Crippen molar-refractivity contribution in [3.63, 3.8) is 0 Å². The van der Waals surface area contributed by atoms with E-state index in [4.69, 9.17) is 0 Å². The van der Waals surface area contributed by atoms with Gasteiger partial charge >= 0.3 is 0 Å². The fourth-order valence-electron chi connectivity index (χ4n) is 2.26. The normalized spacial score (nSPS) is 12.0. The van der Waals surface area contributed by atoms with Crippen LogP contribution in [0.15, 0.2) is 0 Å². The molecule has 0 aromatic carbocycles. The molecule has 0 saturated heterocycles. The molecule has 0 aliphatic rings. The van der Waals surface area contributed by atoms with Crippen LogP contribution < -0.4 is 0 Å². The molecular formula is C23H55N3. The van der Waals surface area contributed by atoms with Crippen LogP contribution in [0, 0.1) is 10.8 Å². The Morgan fingerprint density at radius 3 is 0.962 bits per heavy atom. The van der Waals surface area contributed by atoms with Crippen LogP contribution in [0.4, 0.5) is 0 Å². The van der Waals surface area contributed by atoms with Gasteiger partial charge in [-0.25, -0.2) is 0 Å². The van der Waals surface area contributed by atoms with Crippen LogP contribution >= 0.6 is 0 Å². The van der Waals surface area contributed by atoms with Gasteiger partial charge in [0.1, 0.15) is 0 Å². The molecule has 0 saturated carbocycles. The lowest BCUT2D eigenvalue weighted by molar-refractivity contribution is 0.147. The van der Waals surface area contributed by atoms with Crippen LogP contribution in [-0.2, 0) is 0 Å². The smallest absolute Gasteiger partial charge is 0.0509 e. The molecule has 3 nitrogen and oxygen atoms in total. The molecule has 0 N–H and O–H groups in total. The van der Waals surface area contributed by atoms with E-state index in [1.807, 2.05) is 0 Å². The van der Waals surface area contributed by atoms with Crippen molar-refractivity contribution in [3.05, 3.63) is 0 Å². The first-order chi connectivity index (χ1) is 11.6. The van der Waals surface area contributed by atoms with Gasteiger partial charge in [0.2, 0.25) is 0 Å². The average molecular weight is 374 g/mol. The highest BCUT2D eigenvalue weighted by atomic mass is 15.3. The highest BCUT2D eigenvalue weighted by molar-refractivity contribution is 4.68. The Morgan fingerprint density at radius 2 is 0.808 bits per heavy atom. The van der Waals surface area contributed by atoms with Crippen LogP contribution in [0.3, 0.4) is 0 Å². The lowest BCUT2D eigenvalue weighted by Gasteiger charge is -2.24. The second kappa shape index (κ2) is 17.0. The molecule has 0 aliphatic carbocycles. The molecule has 0 fully saturated rings. The van der Waals surface area contributed by atoms with Crippen LogP contribution in [-0.4, -0.2) is 63.3 Å². The van der Waals surface area contributed by atoms with Gasteiger partial charge in [0, 0.05) is 0 Å². The Labute approximate surface area is 168 Å². The van der Waals surface area contributed by atoms with Gasteiger partial charge in [-0.3, -0.25) is 14.7 Å². The molecule has 0 amide bonds. The van der Waals surface area contributed by atoms with Gasteiger partial charge in [0.05, 0.1) is 13.3 Å². The lowest BCUT2D eigenvalue weighted by atomic mass is 9.81. The molecule has 0 rings (SSSR count). The molecule has 0 radical (unpaired) electrons. The van der Waals surface area contributed by atoms with Crippen LogP contribution in [0.25, 0.3) is 0 Å². The molecule has 0 atom stereocenters. The first kappa shape index (κ1) is 30.6. The number of hydrogen-bond donors (Lipinski definition) is 0. The average Bonchev–Trinajstić information content (AvgIpc) is 2.41. The zero-order valence-electron chi connectivity index (χ0n) is 21.0. The molecule has 0 aromatic rings. The van der Waals surface area contributed by atoms with Gasteiger partial charge in [-0.15, -0.1) is 0 Å². The van der Waals surface area contributed by atoms with Gasteiger partial charge in [-0.05, 0) is 58.9 Å². The van der Waals surface area contributed by atoms with Crippen molar-refractivity contribution in [2.24, 2.45) is 10.8 Å². The van der Waals surface area contributed by atoms with Gasteiger partial charge < -0.3 is 0 Å². The quantitative estimate of drug-likeness (QED) is 0.360. The third kappa shape index (κ3) is 39.1. The largest absolute Gasteiger partial charge is 0.297 e. The molecule has 162 valence electrons. The topological polar surface area (TPSA) is 9.72 Å². The summed E-state index contributed by atoms with van der Waals surface area (Å²) in [5.41, 5.74) is 1.01. The molecule has 0 aromatic heterocycles. The zero-order chi connectivity index (χ0) is 21.4. The van der Waals surface area contributed by atoms with E-state index in [0.29, 0.717) is 10.8 Å². The summed E-state index contributed by atoms with van der Waals surface area (Å²) in [6, 6.07) is 0. The maximum atomic E-state index is 2.30. The summed E-state index contributed by atoms with van der Waals surface area (Å²) >= 11 is 0. The van der Waals surface area contributed by atoms with Gasteiger partial charge in [-0.2, -0.15) is 0 Å². The maximum Gasteiger partial charge on any atom is 0.0509 e. The van der Waals surface area contributed by atoms with Crippen molar-refractivity contribution in [1.82, 2.24) is 14.7 Å². The number of rotatable bonds is 8. The summed E-state index contributed by atoms with van der Waals surface area (Å²) in [6.45, 7) is 20.3. The summed E-state index contributed by atoms with van der Waals surface area (Å²) in [4.78, 5) is 6.56. The van der Waals surface area contributed by atoms with Crippen LogP contribution in [0.5, 0.6) is 0 Å². The summed E-state index contributed by atoms with van der Waals surface area (Å²) in [6.07, 6.45) is 8.20. The highest BCUT2D eigenvalue weighted by Crippen LogP contribution is 2.29. The molecule has 0 spiro atoms. The minimum atomic E-state index is 0.507. The van der Waals surface area contributed by atoms with E-state index in [-0.39, 0.29) is 0 Å². The van der Waals surface area contributed by atoms with Crippen molar-refractivity contribution in [2.45, 2.75) is 93.9 Å². The maximum absolute atomic E-state index is 2.30. The third-order valence-corrected chi connectivity index (χ3v) is 3.63. The molecule has 0 unspecified atom stereocenters.